The van der Waals surface area contributed by atoms with Gasteiger partial charge in [-0.2, -0.15) is 0 Å². The zero-order valence-electron chi connectivity index (χ0n) is 8.82. The first-order chi connectivity index (χ1) is 7.31. The molecule has 0 aromatic heterocycles. The van der Waals surface area contributed by atoms with E-state index in [-0.39, 0.29) is 0 Å². The molecule has 82 valence electrons. The smallest absolute Gasteiger partial charge is 0.0510 e. The summed E-state index contributed by atoms with van der Waals surface area (Å²) in [6, 6.07) is 8.43. The van der Waals surface area contributed by atoms with Gasteiger partial charge in [0.05, 0.1) is 5.69 Å². The van der Waals surface area contributed by atoms with E-state index in [0.717, 1.165) is 32.0 Å². The summed E-state index contributed by atoms with van der Waals surface area (Å²) in [5.41, 5.74) is 6.91. The van der Waals surface area contributed by atoms with E-state index in [9.17, 15) is 0 Å². The van der Waals surface area contributed by atoms with Gasteiger partial charge in [0, 0.05) is 17.6 Å². The highest BCUT2D eigenvalue weighted by molar-refractivity contribution is 9.10. The van der Waals surface area contributed by atoms with Gasteiger partial charge in [-0.15, -0.1) is 0 Å². The first-order valence-electron chi connectivity index (χ1n) is 5.51. The van der Waals surface area contributed by atoms with Gasteiger partial charge >= 0.3 is 0 Å². The number of nitrogens with zero attached hydrogens (tertiary/aromatic N) is 1. The maximum atomic E-state index is 5.59. The van der Waals surface area contributed by atoms with Crippen LogP contribution in [-0.4, -0.2) is 19.6 Å². The van der Waals surface area contributed by atoms with E-state index in [1.54, 1.807) is 0 Å². The fraction of sp³-hybridized carbons (Fsp3) is 0.500. The highest BCUT2D eigenvalue weighted by Crippen LogP contribution is 2.31. The fourth-order valence-corrected chi connectivity index (χ4v) is 2.77. The predicted octanol–water partition coefficient (Wildman–Crippen LogP) is 2.62. The van der Waals surface area contributed by atoms with Crippen LogP contribution < -0.4 is 10.6 Å². The van der Waals surface area contributed by atoms with Crippen LogP contribution in [0.25, 0.3) is 0 Å². The molecule has 0 amide bonds. The highest BCUT2D eigenvalue weighted by atomic mass is 79.9. The lowest BCUT2D eigenvalue weighted by atomic mass is 10.1. The van der Waals surface area contributed by atoms with Crippen molar-refractivity contribution < 1.29 is 0 Å². The molecule has 1 aliphatic heterocycles. The molecule has 0 bridgehead atoms. The number of hydrogen-bond donors (Lipinski definition) is 1. The maximum Gasteiger partial charge on any atom is 0.0510 e. The lowest BCUT2D eigenvalue weighted by Crippen LogP contribution is -2.20. The van der Waals surface area contributed by atoms with E-state index >= 15 is 0 Å². The van der Waals surface area contributed by atoms with Crippen molar-refractivity contribution in [3.63, 3.8) is 0 Å². The summed E-state index contributed by atoms with van der Waals surface area (Å²) in [6.07, 6.45) is 2.43. The zero-order valence-corrected chi connectivity index (χ0v) is 10.4. The van der Waals surface area contributed by atoms with E-state index < -0.39 is 0 Å². The molecule has 2 rings (SSSR count). The Hall–Kier alpha value is -0.540. The minimum atomic E-state index is 0.780. The van der Waals surface area contributed by atoms with Crippen molar-refractivity contribution in [2.45, 2.75) is 12.8 Å². The van der Waals surface area contributed by atoms with Gasteiger partial charge in [0.2, 0.25) is 0 Å². The summed E-state index contributed by atoms with van der Waals surface area (Å²) >= 11 is 3.60. The molecule has 1 aromatic rings. The van der Waals surface area contributed by atoms with E-state index in [2.05, 4.69) is 45.1 Å². The largest absolute Gasteiger partial charge is 0.370 e. The van der Waals surface area contributed by atoms with Gasteiger partial charge in [-0.1, -0.05) is 12.1 Å². The molecule has 2 nitrogen and oxygen atoms in total. The summed E-state index contributed by atoms with van der Waals surface area (Å²) in [6.45, 7) is 3.13. The van der Waals surface area contributed by atoms with E-state index in [0.29, 0.717) is 0 Å². The Labute approximate surface area is 99.6 Å². The predicted molar refractivity (Wildman–Crippen MR) is 68.1 cm³/mol. The molecule has 1 saturated heterocycles. The molecule has 1 unspecified atom stereocenters. The van der Waals surface area contributed by atoms with Crippen LogP contribution in [0.4, 0.5) is 5.69 Å². The van der Waals surface area contributed by atoms with Crippen molar-refractivity contribution in [2.24, 2.45) is 11.7 Å². The molecule has 1 fully saturated rings. The van der Waals surface area contributed by atoms with Crippen LogP contribution in [0.2, 0.25) is 0 Å². The molecular formula is C12H17BrN2. The van der Waals surface area contributed by atoms with Crippen LogP contribution in [0.5, 0.6) is 0 Å². The summed E-state index contributed by atoms with van der Waals surface area (Å²) in [4.78, 5) is 2.45. The Balaban J connectivity index is 2.04. The third-order valence-electron chi connectivity index (χ3n) is 3.05. The van der Waals surface area contributed by atoms with Crippen molar-refractivity contribution in [1.29, 1.82) is 0 Å². The molecule has 0 aliphatic carbocycles. The van der Waals surface area contributed by atoms with Crippen LogP contribution in [0.15, 0.2) is 28.7 Å². The summed E-state index contributed by atoms with van der Waals surface area (Å²) in [7, 11) is 0. The number of anilines is 1. The minimum Gasteiger partial charge on any atom is -0.370 e. The Bertz CT molecular complexity index is 327. The molecule has 0 spiro atoms. The summed E-state index contributed by atoms with van der Waals surface area (Å²) < 4.78 is 1.19. The molecule has 15 heavy (non-hydrogen) atoms. The number of para-hydroxylation sites is 1. The quantitative estimate of drug-likeness (QED) is 0.914. The van der Waals surface area contributed by atoms with Crippen LogP contribution in [0, 0.1) is 5.92 Å². The first kappa shape index (κ1) is 11.0. The third-order valence-corrected chi connectivity index (χ3v) is 3.72. The van der Waals surface area contributed by atoms with Gasteiger partial charge in [0.15, 0.2) is 0 Å². The molecule has 0 radical (unpaired) electrons. The highest BCUT2D eigenvalue weighted by Gasteiger charge is 2.22. The number of halogens is 1. The van der Waals surface area contributed by atoms with Crippen LogP contribution in [-0.2, 0) is 0 Å². The van der Waals surface area contributed by atoms with Crippen LogP contribution in [0.1, 0.15) is 12.8 Å². The second-order valence-corrected chi connectivity index (χ2v) is 4.98. The lowest BCUT2D eigenvalue weighted by molar-refractivity contribution is 0.546. The molecule has 2 N–H and O–H groups in total. The second kappa shape index (κ2) is 4.99. The zero-order chi connectivity index (χ0) is 10.7. The Morgan fingerprint density at radius 3 is 2.93 bits per heavy atom. The van der Waals surface area contributed by atoms with Gasteiger partial charge in [0.25, 0.3) is 0 Å². The van der Waals surface area contributed by atoms with E-state index in [1.165, 1.54) is 16.6 Å². The normalized spacial score (nSPS) is 20.9. The van der Waals surface area contributed by atoms with Crippen LogP contribution >= 0.6 is 15.9 Å². The maximum absolute atomic E-state index is 5.59. The summed E-state index contributed by atoms with van der Waals surface area (Å²) in [5, 5.41) is 0. The Morgan fingerprint density at radius 2 is 2.20 bits per heavy atom. The molecule has 1 atom stereocenters. The molecule has 1 aliphatic rings. The van der Waals surface area contributed by atoms with Gasteiger partial charge < -0.3 is 10.6 Å². The van der Waals surface area contributed by atoms with Gasteiger partial charge in [-0.25, -0.2) is 0 Å². The fourth-order valence-electron chi connectivity index (χ4n) is 2.23. The lowest BCUT2D eigenvalue weighted by Gasteiger charge is -2.20. The number of hydrogen-bond acceptors (Lipinski definition) is 2. The van der Waals surface area contributed by atoms with Gasteiger partial charge in [0.1, 0.15) is 0 Å². The molecule has 1 heterocycles. The molecule has 3 heteroatoms. The second-order valence-electron chi connectivity index (χ2n) is 4.13. The average Bonchev–Trinajstić information content (AvgIpc) is 2.68. The third kappa shape index (κ3) is 2.52. The number of nitrogens with two attached hydrogens (primary N) is 1. The van der Waals surface area contributed by atoms with E-state index in [4.69, 9.17) is 5.73 Å². The monoisotopic (exact) mass is 268 g/mol. The Morgan fingerprint density at radius 1 is 1.40 bits per heavy atom. The molecule has 0 saturated carbocycles. The minimum absolute atomic E-state index is 0.780. The summed E-state index contributed by atoms with van der Waals surface area (Å²) in [5.74, 6) is 0.780. The van der Waals surface area contributed by atoms with Crippen LogP contribution in [0.3, 0.4) is 0 Å². The van der Waals surface area contributed by atoms with Crippen molar-refractivity contribution >= 4 is 21.6 Å². The molecule has 1 aromatic carbocycles. The topological polar surface area (TPSA) is 29.3 Å². The van der Waals surface area contributed by atoms with Crippen molar-refractivity contribution in [1.82, 2.24) is 0 Å². The van der Waals surface area contributed by atoms with Gasteiger partial charge in [-0.3, -0.25) is 0 Å². The van der Waals surface area contributed by atoms with Crippen molar-refractivity contribution in [3.05, 3.63) is 28.7 Å². The molecular weight excluding hydrogens is 252 g/mol. The standard InChI is InChI=1S/C12H17BrN2/c13-11-3-1-2-4-12(11)15-8-6-10(9-15)5-7-14/h1-4,10H,5-9,14H2. The average molecular weight is 269 g/mol. The number of benzene rings is 1. The van der Waals surface area contributed by atoms with Crippen molar-refractivity contribution in [3.8, 4) is 0 Å². The van der Waals surface area contributed by atoms with Gasteiger partial charge in [-0.05, 0) is 53.4 Å². The Kier molecular flexibility index (Phi) is 3.65. The number of rotatable bonds is 3. The van der Waals surface area contributed by atoms with E-state index in [1.807, 2.05) is 0 Å². The SMILES string of the molecule is NCCC1CCN(c2ccccc2Br)C1. The first-order valence-corrected chi connectivity index (χ1v) is 6.30. The van der Waals surface area contributed by atoms with Crippen molar-refractivity contribution in [2.75, 3.05) is 24.5 Å².